The van der Waals surface area contributed by atoms with E-state index in [2.05, 4.69) is 5.10 Å². The summed E-state index contributed by atoms with van der Waals surface area (Å²) in [6, 6.07) is 1.54. The van der Waals surface area contributed by atoms with Crippen molar-refractivity contribution < 1.29 is 5.11 Å². The van der Waals surface area contributed by atoms with Gasteiger partial charge in [-0.1, -0.05) is 0 Å². The summed E-state index contributed by atoms with van der Waals surface area (Å²) in [6.45, 7) is 3.99. The third-order valence-corrected chi connectivity index (χ3v) is 1.76. The van der Waals surface area contributed by atoms with E-state index in [1.165, 1.54) is 10.7 Å². The van der Waals surface area contributed by atoms with Crippen LogP contribution in [0.15, 0.2) is 17.1 Å². The maximum Gasteiger partial charge on any atom is 0.266 e. The van der Waals surface area contributed by atoms with Crippen molar-refractivity contribution in [3.63, 3.8) is 0 Å². The van der Waals surface area contributed by atoms with Crippen LogP contribution in [0.5, 0.6) is 0 Å². The minimum atomic E-state index is -0.394. The fourth-order valence-corrected chi connectivity index (χ4v) is 1.00. The highest BCUT2D eigenvalue weighted by Crippen LogP contribution is 1.92. The number of aliphatic hydroxyl groups excluding tert-OH is 1. The molecular formula is C9H14N2O2. The van der Waals surface area contributed by atoms with Crippen molar-refractivity contribution in [1.29, 1.82) is 0 Å². The fourth-order valence-electron chi connectivity index (χ4n) is 1.00. The van der Waals surface area contributed by atoms with Crippen molar-refractivity contribution in [3.8, 4) is 0 Å². The van der Waals surface area contributed by atoms with Crippen LogP contribution in [-0.2, 0) is 6.54 Å². The first-order chi connectivity index (χ1) is 6.09. The quantitative estimate of drug-likeness (QED) is 0.732. The van der Waals surface area contributed by atoms with Gasteiger partial charge in [0.1, 0.15) is 0 Å². The van der Waals surface area contributed by atoms with E-state index < -0.39 is 6.10 Å². The lowest BCUT2D eigenvalue weighted by molar-refractivity contribution is 0.175. The van der Waals surface area contributed by atoms with Crippen LogP contribution in [0.4, 0.5) is 0 Å². The summed E-state index contributed by atoms with van der Waals surface area (Å²) in [4.78, 5) is 11.3. The second-order valence-corrected chi connectivity index (χ2v) is 3.23. The van der Waals surface area contributed by atoms with E-state index >= 15 is 0 Å². The van der Waals surface area contributed by atoms with Gasteiger partial charge in [0, 0.05) is 12.6 Å². The van der Waals surface area contributed by atoms with Crippen LogP contribution in [0.2, 0.25) is 0 Å². The first-order valence-corrected chi connectivity index (χ1v) is 4.31. The van der Waals surface area contributed by atoms with Gasteiger partial charge in [0.15, 0.2) is 0 Å². The zero-order valence-corrected chi connectivity index (χ0v) is 7.90. The molecular weight excluding hydrogens is 168 g/mol. The van der Waals surface area contributed by atoms with E-state index in [0.717, 1.165) is 5.56 Å². The van der Waals surface area contributed by atoms with Gasteiger partial charge in [0.05, 0.1) is 12.3 Å². The molecule has 1 rings (SSSR count). The van der Waals surface area contributed by atoms with E-state index in [9.17, 15) is 4.79 Å². The summed E-state index contributed by atoms with van der Waals surface area (Å²) in [7, 11) is 0. The molecule has 0 saturated carbocycles. The Morgan fingerprint density at radius 1 is 1.69 bits per heavy atom. The van der Waals surface area contributed by atoms with Crippen LogP contribution in [0.25, 0.3) is 0 Å². The predicted molar refractivity (Wildman–Crippen MR) is 49.5 cm³/mol. The first-order valence-electron chi connectivity index (χ1n) is 4.31. The van der Waals surface area contributed by atoms with E-state index in [1.807, 2.05) is 6.92 Å². The molecule has 0 amide bonds. The van der Waals surface area contributed by atoms with Gasteiger partial charge >= 0.3 is 0 Å². The summed E-state index contributed by atoms with van der Waals surface area (Å²) in [5, 5.41) is 13.0. The number of aryl methyl sites for hydroxylation is 2. The molecule has 0 aliphatic rings. The lowest BCUT2D eigenvalue weighted by atomic mass is 10.3. The summed E-state index contributed by atoms with van der Waals surface area (Å²) in [5.74, 6) is 0. The summed E-state index contributed by atoms with van der Waals surface area (Å²) in [5.41, 5.74) is 0.749. The van der Waals surface area contributed by atoms with E-state index in [0.29, 0.717) is 13.0 Å². The second-order valence-electron chi connectivity index (χ2n) is 3.23. The largest absolute Gasteiger partial charge is 0.393 e. The molecule has 1 aromatic rings. The Kier molecular flexibility index (Phi) is 3.19. The van der Waals surface area contributed by atoms with Gasteiger partial charge in [0.25, 0.3) is 5.56 Å². The minimum Gasteiger partial charge on any atom is -0.393 e. The summed E-state index contributed by atoms with van der Waals surface area (Å²) >= 11 is 0. The smallest absolute Gasteiger partial charge is 0.266 e. The molecule has 13 heavy (non-hydrogen) atoms. The maximum atomic E-state index is 11.3. The van der Waals surface area contributed by atoms with Crippen molar-refractivity contribution >= 4 is 0 Å². The molecule has 72 valence electrons. The molecule has 1 atom stereocenters. The Morgan fingerprint density at radius 3 is 2.92 bits per heavy atom. The number of rotatable bonds is 3. The minimum absolute atomic E-state index is 0.111. The van der Waals surface area contributed by atoms with E-state index in [-0.39, 0.29) is 5.56 Å². The van der Waals surface area contributed by atoms with Gasteiger partial charge in [-0.2, -0.15) is 5.10 Å². The van der Waals surface area contributed by atoms with Crippen molar-refractivity contribution in [2.24, 2.45) is 0 Å². The highest BCUT2D eigenvalue weighted by molar-refractivity contribution is 5.02. The van der Waals surface area contributed by atoms with Crippen LogP contribution in [-0.4, -0.2) is 21.0 Å². The van der Waals surface area contributed by atoms with Crippen molar-refractivity contribution in [2.45, 2.75) is 32.9 Å². The highest BCUT2D eigenvalue weighted by Gasteiger charge is 1.99. The Labute approximate surface area is 76.8 Å². The third-order valence-electron chi connectivity index (χ3n) is 1.76. The molecule has 0 fully saturated rings. The molecule has 0 aliphatic carbocycles. The van der Waals surface area contributed by atoms with E-state index in [4.69, 9.17) is 5.11 Å². The first kappa shape index (κ1) is 9.92. The Bertz CT molecular complexity index is 331. The topological polar surface area (TPSA) is 55.1 Å². The Balaban J connectivity index is 2.73. The molecule has 1 N–H and O–H groups in total. The lowest BCUT2D eigenvalue weighted by Gasteiger charge is -2.05. The van der Waals surface area contributed by atoms with Crippen LogP contribution in [0.1, 0.15) is 18.9 Å². The molecule has 0 spiro atoms. The van der Waals surface area contributed by atoms with Crippen molar-refractivity contribution in [2.75, 3.05) is 0 Å². The number of aromatic nitrogens is 2. The number of aliphatic hydroxyl groups is 1. The molecule has 1 unspecified atom stereocenters. The summed E-state index contributed by atoms with van der Waals surface area (Å²) in [6.07, 6.45) is 1.80. The Hall–Kier alpha value is -1.16. The van der Waals surface area contributed by atoms with Gasteiger partial charge in [-0.3, -0.25) is 4.79 Å². The molecule has 4 heteroatoms. The van der Waals surface area contributed by atoms with Gasteiger partial charge in [-0.15, -0.1) is 0 Å². The van der Waals surface area contributed by atoms with Gasteiger partial charge < -0.3 is 5.11 Å². The average molecular weight is 182 g/mol. The normalized spacial score (nSPS) is 12.8. The van der Waals surface area contributed by atoms with Crippen LogP contribution in [0.3, 0.4) is 0 Å². The molecule has 0 radical (unpaired) electrons. The number of hydrogen-bond donors (Lipinski definition) is 1. The molecule has 1 aromatic heterocycles. The Morgan fingerprint density at radius 2 is 2.38 bits per heavy atom. The van der Waals surface area contributed by atoms with Gasteiger partial charge in [0.2, 0.25) is 0 Å². The highest BCUT2D eigenvalue weighted by atomic mass is 16.3. The lowest BCUT2D eigenvalue weighted by Crippen LogP contribution is -2.23. The third kappa shape index (κ3) is 2.99. The zero-order chi connectivity index (χ0) is 9.84. The van der Waals surface area contributed by atoms with Crippen LogP contribution < -0.4 is 5.56 Å². The molecule has 0 bridgehead atoms. The second kappa shape index (κ2) is 4.18. The van der Waals surface area contributed by atoms with Crippen molar-refractivity contribution in [1.82, 2.24) is 9.78 Å². The zero-order valence-electron chi connectivity index (χ0n) is 7.90. The average Bonchev–Trinajstić information content (AvgIpc) is 2.02. The van der Waals surface area contributed by atoms with Crippen LogP contribution in [0, 0.1) is 6.92 Å². The van der Waals surface area contributed by atoms with E-state index in [1.54, 1.807) is 13.1 Å². The van der Waals surface area contributed by atoms with Gasteiger partial charge in [-0.05, 0) is 25.8 Å². The fraction of sp³-hybridized carbons (Fsp3) is 0.556. The molecule has 0 aromatic carbocycles. The molecule has 1 heterocycles. The van der Waals surface area contributed by atoms with Gasteiger partial charge in [-0.25, -0.2) is 4.68 Å². The molecule has 0 saturated heterocycles. The monoisotopic (exact) mass is 182 g/mol. The maximum absolute atomic E-state index is 11.3. The van der Waals surface area contributed by atoms with Crippen molar-refractivity contribution in [3.05, 3.63) is 28.2 Å². The predicted octanol–water partition coefficient (Wildman–Crippen LogP) is 0.323. The standard InChI is InChI=1S/C9H14N2O2/c1-7-5-9(13)11(10-6-7)4-3-8(2)12/h5-6,8,12H,3-4H2,1-2H3. The number of hydrogen-bond acceptors (Lipinski definition) is 3. The molecule has 0 aliphatic heterocycles. The number of nitrogens with zero attached hydrogens (tertiary/aromatic N) is 2. The SMILES string of the molecule is Cc1cnn(CCC(C)O)c(=O)c1. The molecule has 4 nitrogen and oxygen atoms in total. The summed E-state index contributed by atoms with van der Waals surface area (Å²) < 4.78 is 1.36. The van der Waals surface area contributed by atoms with Crippen LogP contribution >= 0.6 is 0 Å².